The quantitative estimate of drug-likeness (QED) is 0.426. The minimum Gasteiger partial charge on any atom is -0.493 e. The van der Waals surface area contributed by atoms with E-state index < -0.39 is 10.0 Å². The molecule has 36 heavy (non-hydrogen) atoms. The number of nitrogens with zero attached hydrogens (tertiary/aromatic N) is 5. The standard InChI is InChI=1S/C25H28N6O4S/c1-4-35-22-11-10-20(16-21(22)24-27-25(32)23-17(2)26-18(3)31(23)28-24)36(33,34)30-14-12-29(13-15-30)19-8-6-5-7-9-19/h5-11,16H,4,12-15H2,1-3H3,(H,27,28,32). The molecule has 2 aromatic carbocycles. The van der Waals surface area contributed by atoms with Gasteiger partial charge in [-0.1, -0.05) is 18.2 Å². The number of ether oxygens (including phenoxy) is 1. The van der Waals surface area contributed by atoms with E-state index >= 15 is 0 Å². The summed E-state index contributed by atoms with van der Waals surface area (Å²) >= 11 is 0. The highest BCUT2D eigenvalue weighted by Gasteiger charge is 2.30. The minimum absolute atomic E-state index is 0.121. The Labute approximate surface area is 209 Å². The van der Waals surface area contributed by atoms with Crippen molar-refractivity contribution in [2.45, 2.75) is 25.7 Å². The number of hydrogen-bond acceptors (Lipinski definition) is 7. The van der Waals surface area contributed by atoms with Gasteiger partial charge < -0.3 is 14.6 Å². The number of benzene rings is 2. The van der Waals surface area contributed by atoms with Crippen LogP contribution in [0.1, 0.15) is 18.4 Å². The molecule has 1 N–H and O–H groups in total. The summed E-state index contributed by atoms with van der Waals surface area (Å²) in [5.74, 6) is 1.21. The monoisotopic (exact) mass is 508 g/mol. The van der Waals surface area contributed by atoms with Crippen LogP contribution < -0.4 is 15.2 Å². The van der Waals surface area contributed by atoms with Crippen molar-refractivity contribution < 1.29 is 13.2 Å². The third-order valence-corrected chi connectivity index (χ3v) is 8.24. The highest BCUT2D eigenvalue weighted by molar-refractivity contribution is 7.89. The van der Waals surface area contributed by atoms with Gasteiger partial charge in [-0.15, -0.1) is 5.10 Å². The van der Waals surface area contributed by atoms with Gasteiger partial charge in [0.15, 0.2) is 11.3 Å². The molecule has 1 fully saturated rings. The van der Waals surface area contributed by atoms with Crippen LogP contribution in [-0.2, 0) is 10.0 Å². The van der Waals surface area contributed by atoms with Crippen molar-refractivity contribution in [3.05, 3.63) is 70.4 Å². The van der Waals surface area contributed by atoms with E-state index in [1.54, 1.807) is 19.9 Å². The highest BCUT2D eigenvalue weighted by Crippen LogP contribution is 2.32. The van der Waals surface area contributed by atoms with E-state index in [2.05, 4.69) is 20.0 Å². The van der Waals surface area contributed by atoms with Crippen molar-refractivity contribution in [2.24, 2.45) is 0 Å². The van der Waals surface area contributed by atoms with E-state index in [4.69, 9.17) is 4.74 Å². The van der Waals surface area contributed by atoms with Crippen LogP contribution in [0.4, 0.5) is 5.69 Å². The number of aryl methyl sites for hydroxylation is 2. The molecule has 1 aliphatic heterocycles. The lowest BCUT2D eigenvalue weighted by Crippen LogP contribution is -2.48. The molecule has 2 aromatic heterocycles. The van der Waals surface area contributed by atoms with Crippen molar-refractivity contribution >= 4 is 21.2 Å². The van der Waals surface area contributed by atoms with Gasteiger partial charge in [-0.05, 0) is 51.1 Å². The maximum atomic E-state index is 13.6. The molecule has 11 heteroatoms. The van der Waals surface area contributed by atoms with Crippen LogP contribution in [0.2, 0.25) is 0 Å². The summed E-state index contributed by atoms with van der Waals surface area (Å²) in [6.07, 6.45) is 0. The maximum Gasteiger partial charge on any atom is 0.277 e. The zero-order chi connectivity index (χ0) is 25.4. The van der Waals surface area contributed by atoms with Gasteiger partial charge >= 0.3 is 0 Å². The van der Waals surface area contributed by atoms with Crippen molar-refractivity contribution in [1.29, 1.82) is 0 Å². The Morgan fingerprint density at radius 3 is 2.44 bits per heavy atom. The lowest BCUT2D eigenvalue weighted by Gasteiger charge is -2.35. The molecule has 0 unspecified atom stereocenters. The van der Waals surface area contributed by atoms with E-state index in [0.29, 0.717) is 61.1 Å². The lowest BCUT2D eigenvalue weighted by molar-refractivity contribution is 0.341. The molecule has 0 radical (unpaired) electrons. The summed E-state index contributed by atoms with van der Waals surface area (Å²) in [7, 11) is -3.77. The van der Waals surface area contributed by atoms with Gasteiger partial charge in [0.25, 0.3) is 5.56 Å². The zero-order valence-electron chi connectivity index (χ0n) is 20.4. The van der Waals surface area contributed by atoms with Crippen molar-refractivity contribution in [1.82, 2.24) is 23.9 Å². The number of aromatic amines is 1. The van der Waals surface area contributed by atoms with Gasteiger partial charge in [-0.25, -0.2) is 17.9 Å². The number of hydrogen-bond donors (Lipinski definition) is 1. The molecule has 188 valence electrons. The normalized spacial score (nSPS) is 14.9. The van der Waals surface area contributed by atoms with Crippen LogP contribution in [-0.4, -0.2) is 65.1 Å². The van der Waals surface area contributed by atoms with Gasteiger partial charge in [0.2, 0.25) is 10.0 Å². The average molecular weight is 509 g/mol. The predicted octanol–water partition coefficient (Wildman–Crippen LogP) is 2.61. The molecular weight excluding hydrogens is 480 g/mol. The maximum absolute atomic E-state index is 13.6. The van der Waals surface area contributed by atoms with Gasteiger partial charge in [0.05, 0.1) is 22.8 Å². The molecule has 1 saturated heterocycles. The second-order valence-corrected chi connectivity index (χ2v) is 10.6. The first-order valence-electron chi connectivity index (χ1n) is 11.8. The Morgan fingerprint density at radius 1 is 1.03 bits per heavy atom. The number of anilines is 1. The van der Waals surface area contributed by atoms with E-state index in [1.165, 1.54) is 21.0 Å². The van der Waals surface area contributed by atoms with Crippen LogP contribution in [0.15, 0.2) is 58.2 Å². The molecule has 5 rings (SSSR count). The number of imidazole rings is 1. The number of sulfonamides is 1. The predicted molar refractivity (Wildman–Crippen MR) is 137 cm³/mol. The fraction of sp³-hybridized carbons (Fsp3) is 0.320. The number of aromatic nitrogens is 4. The van der Waals surface area contributed by atoms with Gasteiger partial charge in [0, 0.05) is 31.9 Å². The van der Waals surface area contributed by atoms with Crippen LogP contribution >= 0.6 is 0 Å². The SMILES string of the molecule is CCOc1ccc(S(=O)(=O)N2CCN(c3ccccc3)CC2)cc1-c1nn2c(C)nc(C)c2c(=O)[nH]1. The molecule has 1 aliphatic rings. The summed E-state index contributed by atoms with van der Waals surface area (Å²) in [5, 5.41) is 4.55. The Kier molecular flexibility index (Phi) is 6.27. The number of fused-ring (bicyclic) bond motifs is 1. The van der Waals surface area contributed by atoms with E-state index in [0.717, 1.165) is 5.69 Å². The third-order valence-electron chi connectivity index (χ3n) is 6.34. The number of rotatable bonds is 6. The smallest absolute Gasteiger partial charge is 0.277 e. The third kappa shape index (κ3) is 4.24. The topological polar surface area (TPSA) is 113 Å². The van der Waals surface area contributed by atoms with Crippen molar-refractivity contribution in [2.75, 3.05) is 37.7 Å². The molecule has 0 spiro atoms. The van der Waals surface area contributed by atoms with Crippen LogP contribution in [0.3, 0.4) is 0 Å². The second-order valence-electron chi connectivity index (χ2n) is 8.63. The number of para-hydroxylation sites is 1. The first kappa shape index (κ1) is 24.0. The summed E-state index contributed by atoms with van der Waals surface area (Å²) in [5.41, 5.74) is 2.04. The van der Waals surface area contributed by atoms with Crippen LogP contribution in [0.5, 0.6) is 5.75 Å². The van der Waals surface area contributed by atoms with E-state index in [9.17, 15) is 13.2 Å². The van der Waals surface area contributed by atoms with Crippen molar-refractivity contribution in [3.63, 3.8) is 0 Å². The highest BCUT2D eigenvalue weighted by atomic mass is 32.2. The van der Waals surface area contributed by atoms with Crippen LogP contribution in [0, 0.1) is 13.8 Å². The Bertz CT molecular complexity index is 1570. The molecule has 4 aromatic rings. The van der Waals surface area contributed by atoms with Gasteiger partial charge in [-0.2, -0.15) is 4.31 Å². The fourth-order valence-electron chi connectivity index (χ4n) is 4.56. The summed E-state index contributed by atoms with van der Waals surface area (Å²) in [6, 6.07) is 14.6. The molecule has 0 aliphatic carbocycles. The molecular formula is C25H28N6O4S. The second kappa shape index (κ2) is 9.40. The first-order valence-corrected chi connectivity index (χ1v) is 13.3. The zero-order valence-corrected chi connectivity index (χ0v) is 21.2. The Balaban J connectivity index is 1.50. The fourth-order valence-corrected chi connectivity index (χ4v) is 6.01. The number of nitrogens with one attached hydrogen (secondary N) is 1. The molecule has 0 amide bonds. The molecule has 0 atom stereocenters. The number of piperazine rings is 1. The van der Waals surface area contributed by atoms with E-state index in [-0.39, 0.29) is 16.3 Å². The van der Waals surface area contributed by atoms with Crippen molar-refractivity contribution in [3.8, 4) is 17.1 Å². The van der Waals surface area contributed by atoms with Gasteiger partial charge in [0.1, 0.15) is 11.6 Å². The summed E-state index contributed by atoms with van der Waals surface area (Å²) < 4.78 is 35.9. The number of H-pyrrole nitrogens is 1. The molecule has 3 heterocycles. The Hall–Kier alpha value is -3.70. The summed E-state index contributed by atoms with van der Waals surface area (Å²) in [4.78, 5) is 22.2. The summed E-state index contributed by atoms with van der Waals surface area (Å²) in [6.45, 7) is 7.64. The minimum atomic E-state index is -3.77. The molecule has 10 nitrogen and oxygen atoms in total. The lowest BCUT2D eigenvalue weighted by atomic mass is 10.2. The van der Waals surface area contributed by atoms with Crippen LogP contribution in [0.25, 0.3) is 16.9 Å². The average Bonchev–Trinajstić information content (AvgIpc) is 3.18. The van der Waals surface area contributed by atoms with Gasteiger partial charge in [-0.3, -0.25) is 4.79 Å². The molecule has 0 bridgehead atoms. The van der Waals surface area contributed by atoms with E-state index in [1.807, 2.05) is 37.3 Å². The largest absolute Gasteiger partial charge is 0.493 e. The Morgan fingerprint density at radius 2 is 1.75 bits per heavy atom. The first-order chi connectivity index (χ1) is 17.3. The molecule has 0 saturated carbocycles.